The maximum Gasteiger partial charge on any atom is 0.0787 e. The maximum atomic E-state index is 2.49. The molecule has 0 amide bonds. The number of rotatable bonds is 10. The fourth-order valence-corrected chi connectivity index (χ4v) is 3.15. The number of hydrogen-bond donors (Lipinski definition) is 0. The Morgan fingerprint density at radius 1 is 0.714 bits per heavy atom. The van der Waals surface area contributed by atoms with E-state index in [1.165, 1.54) is 49.8 Å². The highest BCUT2D eigenvalue weighted by molar-refractivity contribution is 4.66. The van der Waals surface area contributed by atoms with Gasteiger partial charge in [-0.3, -0.25) is 0 Å². The van der Waals surface area contributed by atoms with E-state index in [1.54, 1.807) is 0 Å². The van der Waals surface area contributed by atoms with Crippen LogP contribution in [0.15, 0.2) is 0 Å². The van der Waals surface area contributed by atoms with Gasteiger partial charge < -0.3 is 4.48 Å². The molecule has 0 aromatic heterocycles. The van der Waals surface area contributed by atoms with Gasteiger partial charge >= 0.3 is 0 Å². The van der Waals surface area contributed by atoms with Gasteiger partial charge in [-0.1, -0.05) is 55.4 Å². The third-order valence-corrected chi connectivity index (χ3v) is 4.62. The smallest absolute Gasteiger partial charge is 0.0787 e. The van der Waals surface area contributed by atoms with Crippen molar-refractivity contribution in [2.75, 3.05) is 26.7 Å². The molecule has 21 heavy (non-hydrogen) atoms. The first-order valence-electron chi connectivity index (χ1n) is 9.27. The zero-order chi connectivity index (χ0) is 16.7. The molecule has 0 saturated carbocycles. The van der Waals surface area contributed by atoms with Crippen LogP contribution in [-0.2, 0) is 0 Å². The van der Waals surface area contributed by atoms with E-state index in [0.717, 1.165) is 17.8 Å². The monoisotopic (exact) mass is 298 g/mol. The van der Waals surface area contributed by atoms with Gasteiger partial charge in [-0.25, -0.2) is 0 Å². The molecule has 1 heteroatoms. The van der Waals surface area contributed by atoms with Gasteiger partial charge in [0, 0.05) is 0 Å². The standard InChI is InChI=1S/C20H44N/c1-17(2)10-13-21(9,14-11-18(3)4)15-12-19(5)16-20(6,7)8/h17-19H,10-16H2,1-9H3/q+1. The predicted octanol–water partition coefficient (Wildman–Crippen LogP) is 5.99. The fraction of sp³-hybridized carbons (Fsp3) is 1.00. The van der Waals surface area contributed by atoms with Gasteiger partial charge in [0.2, 0.25) is 0 Å². The van der Waals surface area contributed by atoms with Crippen LogP contribution in [0.4, 0.5) is 0 Å². The molecule has 0 rings (SSSR count). The van der Waals surface area contributed by atoms with Gasteiger partial charge in [-0.05, 0) is 48.9 Å². The summed E-state index contributed by atoms with van der Waals surface area (Å²) in [5.41, 5.74) is 0.471. The van der Waals surface area contributed by atoms with Crippen molar-refractivity contribution in [2.24, 2.45) is 23.2 Å². The summed E-state index contributed by atoms with van der Waals surface area (Å²) in [6.45, 7) is 23.0. The molecule has 0 fully saturated rings. The molecule has 1 nitrogen and oxygen atoms in total. The van der Waals surface area contributed by atoms with E-state index in [-0.39, 0.29) is 0 Å². The molecular weight excluding hydrogens is 254 g/mol. The van der Waals surface area contributed by atoms with Crippen molar-refractivity contribution < 1.29 is 4.48 Å². The molecular formula is C20H44N+. The molecule has 0 aromatic rings. The predicted molar refractivity (Wildman–Crippen MR) is 97.5 cm³/mol. The molecule has 0 N–H and O–H groups in total. The highest BCUT2D eigenvalue weighted by atomic mass is 15.3. The van der Waals surface area contributed by atoms with Gasteiger partial charge in [0.25, 0.3) is 0 Å². The fourth-order valence-electron chi connectivity index (χ4n) is 3.15. The number of hydrogen-bond acceptors (Lipinski definition) is 0. The Morgan fingerprint density at radius 2 is 1.10 bits per heavy atom. The van der Waals surface area contributed by atoms with Gasteiger partial charge in [0.1, 0.15) is 0 Å². The van der Waals surface area contributed by atoms with Crippen molar-refractivity contribution in [1.29, 1.82) is 0 Å². The van der Waals surface area contributed by atoms with Crippen LogP contribution in [0.3, 0.4) is 0 Å². The number of quaternary nitrogens is 1. The summed E-state index contributed by atoms with van der Waals surface area (Å²) in [7, 11) is 2.49. The van der Waals surface area contributed by atoms with Gasteiger partial charge in [-0.15, -0.1) is 0 Å². The Kier molecular flexibility index (Phi) is 9.16. The van der Waals surface area contributed by atoms with E-state index in [1.807, 2.05) is 0 Å². The maximum absolute atomic E-state index is 2.49. The molecule has 0 spiro atoms. The van der Waals surface area contributed by atoms with Crippen molar-refractivity contribution in [3.05, 3.63) is 0 Å². The third kappa shape index (κ3) is 12.2. The zero-order valence-electron chi connectivity index (χ0n) is 16.6. The van der Waals surface area contributed by atoms with Crippen molar-refractivity contribution >= 4 is 0 Å². The Labute approximate surface area is 136 Å². The SMILES string of the molecule is CC(C)CC[N+](C)(CCC(C)C)CCC(C)CC(C)(C)C. The van der Waals surface area contributed by atoms with E-state index in [0.29, 0.717) is 5.41 Å². The Morgan fingerprint density at radius 3 is 1.43 bits per heavy atom. The van der Waals surface area contributed by atoms with Crippen LogP contribution in [0, 0.1) is 23.2 Å². The first-order valence-corrected chi connectivity index (χ1v) is 9.27. The summed E-state index contributed by atoms with van der Waals surface area (Å²) in [6.07, 6.45) is 5.45. The van der Waals surface area contributed by atoms with Crippen LogP contribution in [0.2, 0.25) is 0 Å². The van der Waals surface area contributed by atoms with E-state index < -0.39 is 0 Å². The van der Waals surface area contributed by atoms with E-state index in [4.69, 9.17) is 0 Å². The normalized spacial score (nSPS) is 15.0. The minimum Gasteiger partial charge on any atom is -0.326 e. The lowest BCUT2D eigenvalue weighted by Gasteiger charge is -2.37. The Bertz CT molecular complexity index is 248. The summed E-state index contributed by atoms with van der Waals surface area (Å²) < 4.78 is 1.28. The van der Waals surface area contributed by atoms with Gasteiger partial charge in [0.15, 0.2) is 0 Å². The molecule has 1 atom stereocenters. The van der Waals surface area contributed by atoms with Gasteiger partial charge in [0.05, 0.1) is 26.7 Å². The zero-order valence-corrected chi connectivity index (χ0v) is 16.6. The molecule has 0 radical (unpaired) electrons. The summed E-state index contributed by atoms with van der Waals surface area (Å²) in [5.74, 6) is 2.50. The van der Waals surface area contributed by atoms with Crippen molar-refractivity contribution in [2.45, 2.75) is 81.1 Å². The lowest BCUT2D eigenvalue weighted by Crippen LogP contribution is -2.47. The summed E-state index contributed by atoms with van der Waals surface area (Å²) >= 11 is 0. The second-order valence-electron chi connectivity index (χ2n) is 9.81. The minimum absolute atomic E-state index is 0.471. The van der Waals surface area contributed by atoms with Crippen molar-refractivity contribution in [1.82, 2.24) is 0 Å². The molecule has 1 unspecified atom stereocenters. The topological polar surface area (TPSA) is 0 Å². The van der Waals surface area contributed by atoms with Crippen LogP contribution in [0.25, 0.3) is 0 Å². The van der Waals surface area contributed by atoms with Crippen LogP contribution >= 0.6 is 0 Å². The highest BCUT2D eigenvalue weighted by Crippen LogP contribution is 2.27. The lowest BCUT2D eigenvalue weighted by atomic mass is 9.84. The molecule has 0 aromatic carbocycles. The molecule has 0 aliphatic rings. The molecule has 0 heterocycles. The second-order valence-corrected chi connectivity index (χ2v) is 9.81. The first-order chi connectivity index (χ1) is 9.43. The Balaban J connectivity index is 4.44. The minimum atomic E-state index is 0.471. The van der Waals surface area contributed by atoms with Gasteiger partial charge in [-0.2, -0.15) is 0 Å². The highest BCUT2D eigenvalue weighted by Gasteiger charge is 2.24. The quantitative estimate of drug-likeness (QED) is 0.435. The van der Waals surface area contributed by atoms with E-state index >= 15 is 0 Å². The molecule has 0 aliphatic heterocycles. The van der Waals surface area contributed by atoms with Crippen LogP contribution < -0.4 is 0 Å². The van der Waals surface area contributed by atoms with Crippen LogP contribution in [0.5, 0.6) is 0 Å². The average Bonchev–Trinajstić information content (AvgIpc) is 2.30. The number of nitrogens with zero attached hydrogens (tertiary/aromatic N) is 1. The second kappa shape index (κ2) is 9.18. The average molecular weight is 299 g/mol. The first kappa shape index (κ1) is 21.0. The molecule has 0 aliphatic carbocycles. The van der Waals surface area contributed by atoms with Crippen LogP contribution in [-0.4, -0.2) is 31.2 Å². The molecule has 0 bridgehead atoms. The van der Waals surface area contributed by atoms with Crippen molar-refractivity contribution in [3.8, 4) is 0 Å². The van der Waals surface area contributed by atoms with E-state index in [2.05, 4.69) is 62.4 Å². The van der Waals surface area contributed by atoms with Crippen molar-refractivity contribution in [3.63, 3.8) is 0 Å². The summed E-state index contributed by atoms with van der Waals surface area (Å²) in [6, 6.07) is 0. The largest absolute Gasteiger partial charge is 0.326 e. The summed E-state index contributed by atoms with van der Waals surface area (Å²) in [5, 5.41) is 0. The lowest BCUT2D eigenvalue weighted by molar-refractivity contribution is -0.911. The molecule has 128 valence electrons. The molecule has 0 saturated heterocycles. The van der Waals surface area contributed by atoms with Crippen LogP contribution in [0.1, 0.15) is 81.1 Å². The third-order valence-electron chi connectivity index (χ3n) is 4.62. The Hall–Kier alpha value is -0.0400. The summed E-state index contributed by atoms with van der Waals surface area (Å²) in [4.78, 5) is 0. The van der Waals surface area contributed by atoms with E-state index in [9.17, 15) is 0 Å².